The van der Waals surface area contributed by atoms with E-state index >= 15 is 0 Å². The van der Waals surface area contributed by atoms with Crippen molar-refractivity contribution in [1.29, 1.82) is 0 Å². The van der Waals surface area contributed by atoms with E-state index in [9.17, 15) is 9.59 Å². The quantitative estimate of drug-likeness (QED) is 0.0451. The van der Waals surface area contributed by atoms with Crippen LogP contribution in [0.15, 0.2) is 24.3 Å². The summed E-state index contributed by atoms with van der Waals surface area (Å²) in [5.41, 5.74) is 0. The number of esters is 1. The second kappa shape index (κ2) is 34.9. The summed E-state index contributed by atoms with van der Waals surface area (Å²) in [6.07, 6.45) is 43.3. The number of hydrogen-bond acceptors (Lipinski definition) is 3. The van der Waals surface area contributed by atoms with E-state index < -0.39 is 5.97 Å². The van der Waals surface area contributed by atoms with Gasteiger partial charge in [-0.3, -0.25) is 9.59 Å². The van der Waals surface area contributed by atoms with E-state index in [4.69, 9.17) is 9.84 Å². The van der Waals surface area contributed by atoms with Crippen LogP contribution >= 0.6 is 0 Å². The molecule has 0 saturated heterocycles. The van der Waals surface area contributed by atoms with Gasteiger partial charge in [0, 0.05) is 12.8 Å². The van der Waals surface area contributed by atoms with Gasteiger partial charge in [0.25, 0.3) is 0 Å². The Morgan fingerprint density at radius 1 is 0.512 bits per heavy atom. The third kappa shape index (κ3) is 34.8. The molecule has 0 aliphatic rings. The van der Waals surface area contributed by atoms with E-state index in [1.54, 1.807) is 0 Å². The van der Waals surface area contributed by atoms with E-state index in [0.717, 1.165) is 77.0 Å². The summed E-state index contributed by atoms with van der Waals surface area (Å²) in [5, 5.41) is 8.80. The fraction of sp³-hybridized carbons (Fsp3) is 0.846. The highest BCUT2D eigenvalue weighted by Gasteiger charge is 2.14. The maximum absolute atomic E-state index is 12.6. The monoisotopic (exact) mass is 605 g/mol. The lowest BCUT2D eigenvalue weighted by Crippen LogP contribution is -2.18. The highest BCUT2D eigenvalue weighted by atomic mass is 16.5. The van der Waals surface area contributed by atoms with Crippen molar-refractivity contribution in [2.75, 3.05) is 0 Å². The molecule has 252 valence electrons. The predicted molar refractivity (Wildman–Crippen MR) is 186 cm³/mol. The lowest BCUT2D eigenvalue weighted by atomic mass is 10.0. The van der Waals surface area contributed by atoms with Crippen molar-refractivity contribution < 1.29 is 19.4 Å². The number of carboxylic acids is 1. The molecule has 0 heterocycles. The molecular formula is C39H72O4. The van der Waals surface area contributed by atoms with E-state index in [1.165, 1.54) is 103 Å². The zero-order chi connectivity index (χ0) is 31.5. The van der Waals surface area contributed by atoms with Crippen molar-refractivity contribution in [1.82, 2.24) is 0 Å². The Kier molecular flexibility index (Phi) is 33.6. The zero-order valence-corrected chi connectivity index (χ0v) is 28.8. The molecule has 0 amide bonds. The lowest BCUT2D eigenvalue weighted by molar-refractivity contribution is -0.150. The first-order valence-electron chi connectivity index (χ1n) is 18.8. The number of ether oxygens (including phenoxy) is 1. The third-order valence-electron chi connectivity index (χ3n) is 8.43. The van der Waals surface area contributed by atoms with Crippen molar-refractivity contribution in [2.24, 2.45) is 0 Å². The van der Waals surface area contributed by atoms with Gasteiger partial charge in [-0.1, -0.05) is 147 Å². The number of carbonyl (C=O) groups excluding carboxylic acids is 1. The first-order valence-corrected chi connectivity index (χ1v) is 18.8. The maximum atomic E-state index is 12.6. The molecule has 0 saturated carbocycles. The number of hydrogen-bond donors (Lipinski definition) is 1. The van der Waals surface area contributed by atoms with Crippen molar-refractivity contribution in [3.63, 3.8) is 0 Å². The van der Waals surface area contributed by atoms with Crippen LogP contribution in [0, 0.1) is 0 Å². The number of aliphatic carboxylic acids is 1. The molecule has 0 fully saturated rings. The summed E-state index contributed by atoms with van der Waals surface area (Å²) in [6.45, 7) is 4.53. The molecule has 0 aromatic heterocycles. The molecule has 43 heavy (non-hydrogen) atoms. The van der Waals surface area contributed by atoms with Gasteiger partial charge in [0.15, 0.2) is 0 Å². The van der Waals surface area contributed by atoms with Gasteiger partial charge >= 0.3 is 11.9 Å². The Hall–Kier alpha value is -1.58. The van der Waals surface area contributed by atoms with Crippen LogP contribution in [0.25, 0.3) is 0 Å². The Labute approximate surface area is 267 Å². The molecule has 1 N–H and O–H groups in total. The topological polar surface area (TPSA) is 63.6 Å². The van der Waals surface area contributed by atoms with Gasteiger partial charge in [-0.2, -0.15) is 0 Å². The second-order valence-corrected chi connectivity index (χ2v) is 12.8. The minimum atomic E-state index is -0.704. The largest absolute Gasteiger partial charge is 0.481 e. The molecule has 0 spiro atoms. The van der Waals surface area contributed by atoms with Gasteiger partial charge in [0.2, 0.25) is 0 Å². The summed E-state index contributed by atoms with van der Waals surface area (Å²) >= 11 is 0. The fourth-order valence-corrected chi connectivity index (χ4v) is 5.63. The molecule has 0 aliphatic heterocycles. The Morgan fingerprint density at radius 3 is 1.40 bits per heavy atom. The lowest BCUT2D eigenvalue weighted by Gasteiger charge is -2.18. The third-order valence-corrected chi connectivity index (χ3v) is 8.43. The first kappa shape index (κ1) is 41.4. The smallest absolute Gasteiger partial charge is 0.306 e. The van der Waals surface area contributed by atoms with Crippen LogP contribution < -0.4 is 0 Å². The van der Waals surface area contributed by atoms with Gasteiger partial charge in [0.05, 0.1) is 0 Å². The molecular weight excluding hydrogens is 532 g/mol. The van der Waals surface area contributed by atoms with Gasteiger partial charge in [0.1, 0.15) is 6.10 Å². The molecule has 0 aromatic carbocycles. The molecule has 0 radical (unpaired) electrons. The molecule has 1 unspecified atom stereocenters. The van der Waals surface area contributed by atoms with E-state index in [1.807, 2.05) is 0 Å². The van der Waals surface area contributed by atoms with Gasteiger partial charge in [-0.15, -0.1) is 0 Å². The van der Waals surface area contributed by atoms with Crippen LogP contribution in [0.3, 0.4) is 0 Å². The van der Waals surface area contributed by atoms with E-state index in [0.29, 0.717) is 6.42 Å². The number of carboxylic acid groups (broad SMARTS) is 1. The molecule has 0 rings (SSSR count). The van der Waals surface area contributed by atoms with E-state index in [-0.39, 0.29) is 18.5 Å². The minimum absolute atomic E-state index is 0.0111. The van der Waals surface area contributed by atoms with Crippen molar-refractivity contribution in [2.45, 2.75) is 213 Å². The molecule has 1 atom stereocenters. The highest BCUT2D eigenvalue weighted by molar-refractivity contribution is 5.69. The van der Waals surface area contributed by atoms with Crippen molar-refractivity contribution in [3.8, 4) is 0 Å². The van der Waals surface area contributed by atoms with Crippen molar-refractivity contribution in [3.05, 3.63) is 24.3 Å². The summed E-state index contributed by atoms with van der Waals surface area (Å²) in [5.74, 6) is -0.715. The Bertz CT molecular complexity index is 654. The zero-order valence-electron chi connectivity index (χ0n) is 28.8. The SMILES string of the molecule is CCCCCCC/C=C\C/C=C\CCCCCC(CCCCCCCC(=O)O)OC(=O)CCCCCCCCCCCC. The predicted octanol–water partition coefficient (Wildman–Crippen LogP) is 12.8. The van der Waals surface area contributed by atoms with Crippen LogP contribution in [-0.2, 0) is 14.3 Å². The molecule has 0 aromatic rings. The fourth-order valence-electron chi connectivity index (χ4n) is 5.63. The minimum Gasteiger partial charge on any atom is -0.481 e. The summed E-state index contributed by atoms with van der Waals surface area (Å²) in [6, 6.07) is 0. The maximum Gasteiger partial charge on any atom is 0.306 e. The highest BCUT2D eigenvalue weighted by Crippen LogP contribution is 2.18. The average Bonchev–Trinajstić information content (AvgIpc) is 2.99. The number of allylic oxidation sites excluding steroid dienone is 4. The number of rotatable bonds is 34. The molecule has 0 aliphatic carbocycles. The molecule has 0 bridgehead atoms. The van der Waals surface area contributed by atoms with E-state index in [2.05, 4.69) is 38.2 Å². The Morgan fingerprint density at radius 2 is 0.907 bits per heavy atom. The second-order valence-electron chi connectivity index (χ2n) is 12.8. The van der Waals surface area contributed by atoms with Gasteiger partial charge in [-0.25, -0.2) is 0 Å². The van der Waals surface area contributed by atoms with Crippen LogP contribution in [0.2, 0.25) is 0 Å². The van der Waals surface area contributed by atoms with Crippen LogP contribution in [-0.4, -0.2) is 23.1 Å². The molecule has 4 nitrogen and oxygen atoms in total. The summed E-state index contributed by atoms with van der Waals surface area (Å²) in [7, 11) is 0. The van der Waals surface area contributed by atoms with Crippen LogP contribution in [0.1, 0.15) is 206 Å². The van der Waals surface area contributed by atoms with Gasteiger partial charge < -0.3 is 9.84 Å². The standard InChI is InChI=1S/C39H72O4/c1-3-5-7-9-11-13-15-16-17-18-19-20-22-25-29-33-37(34-30-26-24-27-31-35-38(40)41)43-39(42)36-32-28-23-21-14-12-10-8-6-4-2/h15-16,18-19,37H,3-14,17,20-36H2,1-2H3,(H,40,41)/b16-15-,19-18-. The Balaban J connectivity index is 4.11. The van der Waals surface area contributed by atoms with Crippen LogP contribution in [0.5, 0.6) is 0 Å². The summed E-state index contributed by atoms with van der Waals surface area (Å²) in [4.78, 5) is 23.3. The normalized spacial score (nSPS) is 12.4. The van der Waals surface area contributed by atoms with Crippen molar-refractivity contribution >= 4 is 11.9 Å². The number of unbranched alkanes of at least 4 members (excludes halogenated alkanes) is 21. The number of carbonyl (C=O) groups is 2. The first-order chi connectivity index (χ1) is 21.1. The average molecular weight is 605 g/mol. The summed E-state index contributed by atoms with van der Waals surface area (Å²) < 4.78 is 5.97. The van der Waals surface area contributed by atoms with Gasteiger partial charge in [-0.05, 0) is 70.6 Å². The molecule has 4 heteroatoms. The van der Waals surface area contributed by atoms with Crippen LogP contribution in [0.4, 0.5) is 0 Å².